The Morgan fingerprint density at radius 1 is 1.52 bits per heavy atom. The number of rotatable bonds is 1. The van der Waals surface area contributed by atoms with Crippen LogP contribution in [0.4, 0.5) is 0 Å². The van der Waals surface area contributed by atoms with Crippen LogP contribution >= 0.6 is 38.9 Å². The summed E-state index contributed by atoms with van der Waals surface area (Å²) < 4.78 is 18.7. The van der Waals surface area contributed by atoms with Gasteiger partial charge in [-0.1, -0.05) is 11.6 Å². The Morgan fingerprint density at radius 2 is 2.19 bits per heavy atom. The number of hydrogen-bond donors (Lipinski definition) is 1. The van der Waals surface area contributed by atoms with Crippen LogP contribution in [0.15, 0.2) is 14.8 Å². The standard InChI is InChI=1S/C13H16BrClN2O2S2/c1-12(10-8(15)6-9(14)20-10)7-21(18)13(11(16)17-12)2-4-19-5-3-13/h6H,2-5,7H2,1H3,(H2,16,17)/t12-,21?/m0/s1. The fourth-order valence-corrected chi connectivity index (χ4v) is 7.11. The van der Waals surface area contributed by atoms with Crippen LogP contribution < -0.4 is 5.73 Å². The van der Waals surface area contributed by atoms with Crippen LogP contribution in [0.5, 0.6) is 0 Å². The zero-order chi connectivity index (χ0) is 15.3. The monoisotopic (exact) mass is 410 g/mol. The molecule has 0 aromatic carbocycles. The molecule has 0 radical (unpaired) electrons. The van der Waals surface area contributed by atoms with E-state index in [1.165, 1.54) is 11.3 Å². The van der Waals surface area contributed by atoms with E-state index in [1.807, 2.05) is 13.0 Å². The third-order valence-electron chi connectivity index (χ3n) is 4.13. The molecule has 1 aromatic heterocycles. The number of ether oxygens (including phenoxy) is 1. The van der Waals surface area contributed by atoms with Crippen molar-refractivity contribution in [2.45, 2.75) is 30.1 Å². The molecule has 1 unspecified atom stereocenters. The van der Waals surface area contributed by atoms with Crippen molar-refractivity contribution in [3.05, 3.63) is 19.8 Å². The van der Waals surface area contributed by atoms with Crippen molar-refractivity contribution in [1.29, 1.82) is 0 Å². The predicted octanol–water partition coefficient (Wildman–Crippen LogP) is 3.05. The van der Waals surface area contributed by atoms with E-state index in [9.17, 15) is 4.21 Å². The Kier molecular flexibility index (Phi) is 4.25. The largest absolute Gasteiger partial charge is 0.386 e. The highest BCUT2D eigenvalue weighted by Gasteiger charge is 2.50. The minimum absolute atomic E-state index is 0.445. The Balaban J connectivity index is 2.04. The van der Waals surface area contributed by atoms with Gasteiger partial charge in [0.2, 0.25) is 0 Å². The predicted molar refractivity (Wildman–Crippen MR) is 91.8 cm³/mol. The molecule has 1 saturated heterocycles. The first-order valence-corrected chi connectivity index (χ1v) is 9.95. The first kappa shape index (κ1) is 15.9. The molecular formula is C13H16BrClN2O2S2. The van der Waals surface area contributed by atoms with Gasteiger partial charge in [-0.3, -0.25) is 9.20 Å². The van der Waals surface area contributed by atoms with Crippen LogP contribution in [0.3, 0.4) is 0 Å². The maximum absolute atomic E-state index is 12.9. The van der Waals surface area contributed by atoms with Crippen molar-refractivity contribution in [1.82, 2.24) is 0 Å². The Hall–Kier alpha value is 0.0500. The van der Waals surface area contributed by atoms with E-state index in [0.717, 1.165) is 8.66 Å². The molecule has 0 aliphatic carbocycles. The molecule has 2 N–H and O–H groups in total. The Morgan fingerprint density at radius 3 is 2.71 bits per heavy atom. The molecule has 1 aromatic rings. The maximum atomic E-state index is 12.9. The number of nitrogens with zero attached hydrogens (tertiary/aromatic N) is 1. The zero-order valence-corrected chi connectivity index (χ0v) is 15.5. The fraction of sp³-hybridized carbons (Fsp3) is 0.615. The van der Waals surface area contributed by atoms with E-state index < -0.39 is 21.1 Å². The number of nitrogens with two attached hydrogens (primary N) is 1. The van der Waals surface area contributed by atoms with Crippen LogP contribution in [-0.4, -0.2) is 33.8 Å². The minimum Gasteiger partial charge on any atom is -0.386 e. The van der Waals surface area contributed by atoms with Crippen molar-refractivity contribution >= 4 is 55.5 Å². The molecular weight excluding hydrogens is 396 g/mol. The van der Waals surface area contributed by atoms with Crippen molar-refractivity contribution in [3.8, 4) is 0 Å². The van der Waals surface area contributed by atoms with Crippen LogP contribution in [-0.2, 0) is 21.1 Å². The van der Waals surface area contributed by atoms with E-state index in [-0.39, 0.29) is 0 Å². The maximum Gasteiger partial charge on any atom is 0.114 e. The quantitative estimate of drug-likeness (QED) is 0.772. The van der Waals surface area contributed by atoms with Crippen LogP contribution in [0.25, 0.3) is 0 Å². The fourth-order valence-electron chi connectivity index (χ4n) is 2.92. The van der Waals surface area contributed by atoms with Gasteiger partial charge in [-0.2, -0.15) is 0 Å². The second-order valence-corrected chi connectivity index (χ2v) is 10.2. The normalized spacial score (nSPS) is 32.1. The summed E-state index contributed by atoms with van der Waals surface area (Å²) in [6.45, 7) is 3.13. The lowest BCUT2D eigenvalue weighted by Crippen LogP contribution is -2.57. The second kappa shape index (κ2) is 5.60. The van der Waals surface area contributed by atoms with E-state index in [0.29, 0.717) is 42.7 Å². The molecule has 2 aliphatic heterocycles. The number of halogens is 2. The molecule has 2 atom stereocenters. The van der Waals surface area contributed by atoms with Crippen molar-refractivity contribution in [2.24, 2.45) is 10.7 Å². The average molecular weight is 412 g/mol. The van der Waals surface area contributed by atoms with Gasteiger partial charge in [-0.05, 0) is 41.8 Å². The highest BCUT2D eigenvalue weighted by Crippen LogP contribution is 2.45. The molecule has 1 fully saturated rings. The Labute approximate surface area is 143 Å². The lowest BCUT2D eigenvalue weighted by Gasteiger charge is -2.42. The first-order valence-electron chi connectivity index (χ1n) is 6.65. The smallest absolute Gasteiger partial charge is 0.114 e. The van der Waals surface area contributed by atoms with Crippen LogP contribution in [0.2, 0.25) is 5.02 Å². The molecule has 1 spiro atoms. The minimum atomic E-state index is -1.09. The van der Waals surface area contributed by atoms with Gasteiger partial charge < -0.3 is 10.5 Å². The third kappa shape index (κ3) is 2.61. The van der Waals surface area contributed by atoms with E-state index in [4.69, 9.17) is 27.1 Å². The molecule has 3 rings (SSSR count). The topological polar surface area (TPSA) is 64.7 Å². The summed E-state index contributed by atoms with van der Waals surface area (Å²) in [4.78, 5) is 5.65. The van der Waals surface area contributed by atoms with Gasteiger partial charge in [0.1, 0.15) is 16.1 Å². The number of aliphatic imine (C=N–C) groups is 1. The van der Waals surface area contributed by atoms with Gasteiger partial charge in [0.05, 0.1) is 19.4 Å². The number of thiophene rings is 1. The Bertz CT molecular complexity index is 628. The van der Waals surface area contributed by atoms with Gasteiger partial charge in [-0.25, -0.2) is 0 Å². The molecule has 116 valence electrons. The first-order chi connectivity index (χ1) is 9.87. The molecule has 0 bridgehead atoms. The third-order valence-corrected chi connectivity index (χ3v) is 8.74. The van der Waals surface area contributed by atoms with E-state index >= 15 is 0 Å². The summed E-state index contributed by atoms with van der Waals surface area (Å²) in [5.41, 5.74) is 5.64. The second-order valence-electron chi connectivity index (χ2n) is 5.59. The van der Waals surface area contributed by atoms with Gasteiger partial charge in [0.25, 0.3) is 0 Å². The summed E-state index contributed by atoms with van der Waals surface area (Å²) in [6.07, 6.45) is 1.35. The summed E-state index contributed by atoms with van der Waals surface area (Å²) in [6, 6.07) is 1.85. The lowest BCUT2D eigenvalue weighted by molar-refractivity contribution is 0.0887. The van der Waals surface area contributed by atoms with Crippen LogP contribution in [0.1, 0.15) is 24.6 Å². The van der Waals surface area contributed by atoms with Gasteiger partial charge in [0.15, 0.2) is 0 Å². The highest BCUT2D eigenvalue weighted by molar-refractivity contribution is 9.11. The molecule has 21 heavy (non-hydrogen) atoms. The van der Waals surface area contributed by atoms with E-state index in [1.54, 1.807) is 0 Å². The van der Waals surface area contributed by atoms with Crippen molar-refractivity contribution < 1.29 is 8.95 Å². The summed E-state index contributed by atoms with van der Waals surface area (Å²) in [5, 5.41) is 0.644. The lowest BCUT2D eigenvalue weighted by atomic mass is 9.95. The van der Waals surface area contributed by atoms with Gasteiger partial charge in [0, 0.05) is 24.0 Å². The zero-order valence-electron chi connectivity index (χ0n) is 11.5. The van der Waals surface area contributed by atoms with Crippen LogP contribution in [0, 0.1) is 0 Å². The molecule has 0 saturated carbocycles. The summed E-state index contributed by atoms with van der Waals surface area (Å²) in [5.74, 6) is 0.930. The molecule has 4 nitrogen and oxygen atoms in total. The summed E-state index contributed by atoms with van der Waals surface area (Å²) >= 11 is 11.3. The molecule has 8 heteroatoms. The number of hydrogen-bond acceptors (Lipinski definition) is 5. The number of amidine groups is 1. The highest BCUT2D eigenvalue weighted by atomic mass is 79.9. The van der Waals surface area contributed by atoms with Crippen molar-refractivity contribution in [3.63, 3.8) is 0 Å². The van der Waals surface area contributed by atoms with Crippen molar-refractivity contribution in [2.75, 3.05) is 19.0 Å². The average Bonchev–Trinajstić information content (AvgIpc) is 2.77. The summed E-state index contributed by atoms with van der Waals surface area (Å²) in [7, 11) is -1.09. The van der Waals surface area contributed by atoms with E-state index in [2.05, 4.69) is 15.9 Å². The van der Waals surface area contributed by atoms with Gasteiger partial charge >= 0.3 is 0 Å². The molecule has 0 amide bonds. The molecule has 2 aliphatic rings. The molecule has 3 heterocycles. The SMILES string of the molecule is C[C@@]1(c2sc(Br)cc2Cl)CS(=O)C2(CCOCC2)C(N)=N1. The van der Waals surface area contributed by atoms with Gasteiger partial charge in [-0.15, -0.1) is 11.3 Å².